The van der Waals surface area contributed by atoms with Crippen molar-refractivity contribution in [2.45, 2.75) is 19.1 Å². The number of carbonyl (C=O) groups is 1. The van der Waals surface area contributed by atoms with Crippen LogP contribution in [0.2, 0.25) is 0 Å². The number of aliphatic hydroxyl groups is 1. The van der Waals surface area contributed by atoms with E-state index < -0.39 is 11.5 Å². The van der Waals surface area contributed by atoms with Crippen LogP contribution in [0.1, 0.15) is 18.1 Å². The molecule has 0 radical (unpaired) electrons. The van der Waals surface area contributed by atoms with Crippen molar-refractivity contribution in [2.24, 2.45) is 10.2 Å². The van der Waals surface area contributed by atoms with Gasteiger partial charge in [0.05, 0.1) is 19.7 Å². The molecule has 1 heterocycles. The van der Waals surface area contributed by atoms with Gasteiger partial charge in [0.15, 0.2) is 11.3 Å². The van der Waals surface area contributed by atoms with Crippen molar-refractivity contribution < 1.29 is 24.5 Å². The Bertz CT molecular complexity index is 1290. The number of hydrogen-bond donors (Lipinski definition) is 2. The van der Waals surface area contributed by atoms with Crippen LogP contribution in [0.4, 0.5) is 5.69 Å². The van der Waals surface area contributed by atoms with Crippen LogP contribution in [-0.4, -0.2) is 34.9 Å². The number of aromatic hydroxyl groups is 1. The summed E-state index contributed by atoms with van der Waals surface area (Å²) in [4.78, 5) is 13.4. The first-order valence-electron chi connectivity index (χ1n) is 10.7. The van der Waals surface area contributed by atoms with E-state index >= 15 is 0 Å². The van der Waals surface area contributed by atoms with Crippen LogP contribution in [0.5, 0.6) is 17.4 Å². The topological polar surface area (TPSA) is 106 Å². The van der Waals surface area contributed by atoms with Gasteiger partial charge in [-0.2, -0.15) is 0 Å². The molecule has 0 bridgehead atoms. The van der Waals surface area contributed by atoms with Crippen molar-refractivity contribution in [3.63, 3.8) is 0 Å². The molecule has 0 aliphatic carbocycles. The SMILES string of the molecule is CCn1c(O)c(N=NC(=O)C(O)(c2ccc(OC)cc2)c2ccc(OC)cc2)c2ccccc21. The van der Waals surface area contributed by atoms with E-state index in [4.69, 9.17) is 9.47 Å². The number of benzene rings is 3. The third-order valence-electron chi connectivity index (χ3n) is 5.80. The molecule has 2 N–H and O–H groups in total. The lowest BCUT2D eigenvalue weighted by Gasteiger charge is -2.25. The van der Waals surface area contributed by atoms with E-state index in [1.54, 1.807) is 59.2 Å². The van der Waals surface area contributed by atoms with E-state index in [9.17, 15) is 15.0 Å². The normalized spacial score (nSPS) is 11.8. The Morgan fingerprint density at radius 2 is 1.44 bits per heavy atom. The molecule has 174 valence electrons. The number of amides is 1. The first-order chi connectivity index (χ1) is 16.4. The number of para-hydroxylation sites is 1. The van der Waals surface area contributed by atoms with Gasteiger partial charge in [-0.25, -0.2) is 0 Å². The fraction of sp³-hybridized carbons (Fsp3) is 0.192. The Kier molecular flexibility index (Phi) is 6.34. The molecule has 3 aromatic carbocycles. The molecule has 1 aromatic heterocycles. The Labute approximate surface area is 196 Å². The van der Waals surface area contributed by atoms with Crippen LogP contribution in [0.15, 0.2) is 83.0 Å². The second kappa shape index (κ2) is 9.36. The highest BCUT2D eigenvalue weighted by Gasteiger charge is 2.40. The van der Waals surface area contributed by atoms with Crippen LogP contribution >= 0.6 is 0 Å². The van der Waals surface area contributed by atoms with Crippen molar-refractivity contribution in [1.29, 1.82) is 0 Å². The second-order valence-electron chi connectivity index (χ2n) is 7.61. The average Bonchev–Trinajstić information content (AvgIpc) is 3.16. The van der Waals surface area contributed by atoms with Gasteiger partial charge in [0.25, 0.3) is 0 Å². The van der Waals surface area contributed by atoms with Gasteiger partial charge in [-0.05, 0) is 48.4 Å². The molecule has 4 aromatic rings. The average molecular weight is 460 g/mol. The van der Waals surface area contributed by atoms with Crippen molar-refractivity contribution in [1.82, 2.24) is 4.57 Å². The number of fused-ring (bicyclic) bond motifs is 1. The fourth-order valence-corrected chi connectivity index (χ4v) is 3.94. The number of carbonyl (C=O) groups excluding carboxylic acids is 1. The van der Waals surface area contributed by atoms with E-state index in [-0.39, 0.29) is 11.6 Å². The molecule has 8 nitrogen and oxygen atoms in total. The standard InChI is InChI=1S/C26H25N3O5/c1-4-29-22-8-6-5-7-21(22)23(24(29)30)27-28-25(31)26(32,17-9-13-19(33-2)14-10-17)18-11-15-20(34-3)16-12-18/h5-16,30,32H,4H2,1-3H3. The molecule has 8 heteroatoms. The largest absolute Gasteiger partial charge is 0.497 e. The highest BCUT2D eigenvalue weighted by atomic mass is 16.5. The van der Waals surface area contributed by atoms with E-state index in [1.165, 1.54) is 14.2 Å². The summed E-state index contributed by atoms with van der Waals surface area (Å²) in [6.07, 6.45) is 0. The van der Waals surface area contributed by atoms with Crippen molar-refractivity contribution in [3.05, 3.63) is 83.9 Å². The molecule has 0 aliphatic heterocycles. The smallest absolute Gasteiger partial charge is 0.305 e. The number of nitrogens with zero attached hydrogens (tertiary/aromatic N) is 3. The minimum absolute atomic E-state index is 0.0994. The molecular formula is C26H25N3O5. The summed E-state index contributed by atoms with van der Waals surface area (Å²) in [5, 5.41) is 31.0. The van der Waals surface area contributed by atoms with Crippen LogP contribution in [0, 0.1) is 0 Å². The maximum Gasteiger partial charge on any atom is 0.305 e. The molecule has 0 unspecified atom stereocenters. The zero-order chi connectivity index (χ0) is 24.3. The van der Waals surface area contributed by atoms with Gasteiger partial charge in [-0.15, -0.1) is 10.2 Å². The number of aryl methyl sites for hydroxylation is 1. The van der Waals surface area contributed by atoms with Crippen molar-refractivity contribution in [3.8, 4) is 17.4 Å². The van der Waals surface area contributed by atoms with Crippen molar-refractivity contribution >= 4 is 22.5 Å². The number of aromatic nitrogens is 1. The van der Waals surface area contributed by atoms with E-state index in [2.05, 4.69) is 10.2 Å². The zero-order valence-electron chi connectivity index (χ0n) is 19.1. The summed E-state index contributed by atoms with van der Waals surface area (Å²) >= 11 is 0. The molecule has 0 saturated carbocycles. The third kappa shape index (κ3) is 3.88. The van der Waals surface area contributed by atoms with E-state index in [0.29, 0.717) is 34.6 Å². The number of methoxy groups -OCH3 is 2. The summed E-state index contributed by atoms with van der Waals surface area (Å²) in [7, 11) is 3.06. The molecule has 0 spiro atoms. The summed E-state index contributed by atoms with van der Waals surface area (Å²) in [6, 6.07) is 20.3. The van der Waals surface area contributed by atoms with Crippen LogP contribution in [0.3, 0.4) is 0 Å². The lowest BCUT2D eigenvalue weighted by molar-refractivity contribution is -0.133. The van der Waals surface area contributed by atoms with E-state index in [0.717, 1.165) is 5.52 Å². The first kappa shape index (κ1) is 23.0. The molecular weight excluding hydrogens is 434 g/mol. The minimum Gasteiger partial charge on any atom is -0.497 e. The third-order valence-corrected chi connectivity index (χ3v) is 5.80. The molecule has 0 aliphatic rings. The van der Waals surface area contributed by atoms with Crippen LogP contribution < -0.4 is 9.47 Å². The predicted molar refractivity (Wildman–Crippen MR) is 128 cm³/mol. The Hall–Kier alpha value is -4.17. The lowest BCUT2D eigenvalue weighted by Crippen LogP contribution is -2.35. The van der Waals surface area contributed by atoms with Crippen LogP contribution in [0.25, 0.3) is 10.9 Å². The predicted octanol–water partition coefficient (Wildman–Crippen LogP) is 4.93. The number of azo groups is 1. The fourth-order valence-electron chi connectivity index (χ4n) is 3.94. The molecule has 4 rings (SSSR count). The van der Waals surface area contributed by atoms with Gasteiger partial charge < -0.3 is 24.3 Å². The summed E-state index contributed by atoms with van der Waals surface area (Å²) in [6.45, 7) is 2.40. The number of rotatable bonds is 7. The Balaban J connectivity index is 1.80. The Morgan fingerprint density at radius 1 is 0.912 bits per heavy atom. The van der Waals surface area contributed by atoms with Gasteiger partial charge >= 0.3 is 5.91 Å². The summed E-state index contributed by atoms with van der Waals surface area (Å²) in [5.41, 5.74) is -0.604. The molecule has 34 heavy (non-hydrogen) atoms. The maximum absolute atomic E-state index is 13.4. The molecule has 0 saturated heterocycles. The monoisotopic (exact) mass is 459 g/mol. The van der Waals surface area contributed by atoms with Gasteiger partial charge in [0, 0.05) is 11.9 Å². The summed E-state index contributed by atoms with van der Waals surface area (Å²) < 4.78 is 12.1. The van der Waals surface area contributed by atoms with Gasteiger partial charge in [-0.1, -0.05) is 42.5 Å². The maximum atomic E-state index is 13.4. The highest BCUT2D eigenvalue weighted by Crippen LogP contribution is 2.40. The zero-order valence-corrected chi connectivity index (χ0v) is 19.1. The number of ether oxygens (including phenoxy) is 2. The van der Waals surface area contributed by atoms with Crippen LogP contribution in [-0.2, 0) is 16.9 Å². The van der Waals surface area contributed by atoms with Gasteiger partial charge in [0.2, 0.25) is 5.88 Å². The first-order valence-corrected chi connectivity index (χ1v) is 10.7. The Morgan fingerprint density at radius 3 is 1.94 bits per heavy atom. The van der Waals surface area contributed by atoms with E-state index in [1.807, 2.05) is 25.1 Å². The number of hydrogen-bond acceptors (Lipinski definition) is 6. The molecule has 0 atom stereocenters. The summed E-state index contributed by atoms with van der Waals surface area (Å²) in [5.74, 6) is 0.146. The minimum atomic E-state index is -2.12. The van der Waals surface area contributed by atoms with Crippen molar-refractivity contribution in [2.75, 3.05) is 14.2 Å². The van der Waals surface area contributed by atoms with Gasteiger partial charge in [-0.3, -0.25) is 4.79 Å². The van der Waals surface area contributed by atoms with Gasteiger partial charge in [0.1, 0.15) is 11.5 Å². The molecule has 0 fully saturated rings. The highest BCUT2D eigenvalue weighted by molar-refractivity contribution is 5.96. The quantitative estimate of drug-likeness (QED) is 0.381. The molecule has 1 amide bonds. The lowest BCUT2D eigenvalue weighted by atomic mass is 9.85. The second-order valence-corrected chi connectivity index (χ2v) is 7.61.